The molecule has 0 bridgehead atoms. The number of aromatic carboxylic acids is 1. The molecule has 7 nitrogen and oxygen atoms in total. The van der Waals surface area contributed by atoms with Crippen LogP contribution in [-0.4, -0.2) is 58.3 Å². The fraction of sp³-hybridized carbons (Fsp3) is 0.643. The molecule has 1 aromatic heterocycles. The van der Waals surface area contributed by atoms with Gasteiger partial charge in [-0.15, -0.1) is 0 Å². The van der Waals surface area contributed by atoms with Crippen LogP contribution in [0.2, 0.25) is 0 Å². The zero-order valence-electron chi connectivity index (χ0n) is 13.5. The molecular weight excluding hydrogens is 386 g/mol. The fourth-order valence-electron chi connectivity index (χ4n) is 2.37. The molecule has 1 aliphatic rings. The third kappa shape index (κ3) is 4.35. The molecule has 0 spiro atoms. The summed E-state index contributed by atoms with van der Waals surface area (Å²) >= 11 is 4.52. The van der Waals surface area contributed by atoms with Crippen molar-refractivity contribution >= 4 is 44.3 Å². The minimum Gasteiger partial charge on any atom is -0.476 e. The topological polar surface area (TPSA) is 83.0 Å². The van der Waals surface area contributed by atoms with Crippen LogP contribution in [0.1, 0.15) is 38.2 Å². The Morgan fingerprint density at radius 1 is 1.39 bits per heavy atom. The Balaban J connectivity index is 2.10. The summed E-state index contributed by atoms with van der Waals surface area (Å²) in [6.45, 7) is 8.98. The van der Waals surface area contributed by atoms with E-state index < -0.39 is 11.6 Å². The maximum Gasteiger partial charge on any atom is 0.410 e. The molecule has 1 atom stereocenters. The van der Waals surface area contributed by atoms with Crippen LogP contribution in [0.3, 0.4) is 0 Å². The standard InChI is InChI=1S/C14H20BrN3O4S/c1-8-7-17(10-9(11(19)20)16-12(15)23-10)5-6-18(8)13(21)22-14(2,3)4/h8H,5-7H2,1-4H3,(H,19,20)/t8-/m1/s1. The molecular formula is C14H20BrN3O4S. The van der Waals surface area contributed by atoms with Crippen LogP contribution < -0.4 is 4.90 Å². The van der Waals surface area contributed by atoms with Gasteiger partial charge in [0, 0.05) is 25.7 Å². The minimum atomic E-state index is -1.05. The third-order valence-corrected chi connectivity index (χ3v) is 4.90. The molecule has 23 heavy (non-hydrogen) atoms. The Labute approximate surface area is 147 Å². The van der Waals surface area contributed by atoms with Crippen LogP contribution in [0, 0.1) is 0 Å². The smallest absolute Gasteiger partial charge is 0.410 e. The Bertz CT molecular complexity index is 614. The summed E-state index contributed by atoms with van der Waals surface area (Å²) in [5.74, 6) is -1.05. The molecule has 1 N–H and O–H groups in total. The quantitative estimate of drug-likeness (QED) is 0.813. The number of amides is 1. The first-order chi connectivity index (χ1) is 10.6. The van der Waals surface area contributed by atoms with E-state index in [-0.39, 0.29) is 17.8 Å². The number of anilines is 1. The van der Waals surface area contributed by atoms with Gasteiger partial charge in [-0.3, -0.25) is 0 Å². The maximum atomic E-state index is 12.2. The van der Waals surface area contributed by atoms with Gasteiger partial charge in [0.05, 0.1) is 0 Å². The molecule has 1 fully saturated rings. The first-order valence-electron chi connectivity index (χ1n) is 7.22. The van der Waals surface area contributed by atoms with E-state index in [1.807, 2.05) is 32.6 Å². The van der Waals surface area contributed by atoms with Crippen molar-refractivity contribution in [2.24, 2.45) is 0 Å². The lowest BCUT2D eigenvalue weighted by molar-refractivity contribution is 0.0158. The van der Waals surface area contributed by atoms with Crippen LogP contribution in [-0.2, 0) is 4.74 Å². The highest BCUT2D eigenvalue weighted by Gasteiger charge is 2.33. The number of carboxylic acid groups (broad SMARTS) is 1. The van der Waals surface area contributed by atoms with Gasteiger partial charge in [0.2, 0.25) is 0 Å². The van der Waals surface area contributed by atoms with Gasteiger partial charge in [-0.05, 0) is 43.6 Å². The van der Waals surface area contributed by atoms with Gasteiger partial charge in [0.1, 0.15) is 10.6 Å². The number of carboxylic acids is 1. The maximum absolute atomic E-state index is 12.2. The fourth-order valence-corrected chi connectivity index (χ4v) is 3.83. The zero-order chi connectivity index (χ0) is 17.4. The molecule has 0 saturated carbocycles. The predicted octanol–water partition coefficient (Wildman–Crippen LogP) is 3.05. The number of ether oxygens (including phenoxy) is 1. The van der Waals surface area contributed by atoms with Crippen LogP contribution in [0.25, 0.3) is 0 Å². The first kappa shape index (κ1) is 18.0. The van der Waals surface area contributed by atoms with E-state index in [0.717, 1.165) is 0 Å². The lowest BCUT2D eigenvalue weighted by Gasteiger charge is -2.40. The monoisotopic (exact) mass is 405 g/mol. The molecule has 0 aliphatic carbocycles. The number of thiazole rings is 1. The normalized spacial score (nSPS) is 18.9. The minimum absolute atomic E-state index is 0.0415. The second-order valence-corrected chi connectivity index (χ2v) is 8.65. The Kier molecular flexibility index (Phi) is 5.20. The van der Waals surface area contributed by atoms with E-state index >= 15 is 0 Å². The van der Waals surface area contributed by atoms with Gasteiger partial charge in [-0.2, -0.15) is 0 Å². The van der Waals surface area contributed by atoms with Gasteiger partial charge in [-0.1, -0.05) is 11.3 Å². The van der Waals surface area contributed by atoms with Crippen molar-refractivity contribution < 1.29 is 19.4 Å². The zero-order valence-corrected chi connectivity index (χ0v) is 15.9. The second kappa shape index (κ2) is 6.64. The summed E-state index contributed by atoms with van der Waals surface area (Å²) in [6, 6.07) is -0.0823. The summed E-state index contributed by atoms with van der Waals surface area (Å²) in [7, 11) is 0. The van der Waals surface area contributed by atoms with Crippen molar-refractivity contribution in [2.45, 2.75) is 39.3 Å². The first-order valence-corrected chi connectivity index (χ1v) is 8.83. The summed E-state index contributed by atoms with van der Waals surface area (Å²) in [5.41, 5.74) is -0.493. The second-order valence-electron chi connectivity index (χ2n) is 6.39. The number of carbonyl (C=O) groups is 2. The third-order valence-electron chi connectivity index (χ3n) is 3.33. The number of hydrogen-bond donors (Lipinski definition) is 1. The highest BCUT2D eigenvalue weighted by Crippen LogP contribution is 2.33. The van der Waals surface area contributed by atoms with Crippen molar-refractivity contribution in [1.82, 2.24) is 9.88 Å². The van der Waals surface area contributed by atoms with E-state index in [2.05, 4.69) is 20.9 Å². The average Bonchev–Trinajstić information content (AvgIpc) is 2.78. The highest BCUT2D eigenvalue weighted by molar-refractivity contribution is 9.11. The number of piperazine rings is 1. The molecule has 2 rings (SSSR count). The highest BCUT2D eigenvalue weighted by atomic mass is 79.9. The summed E-state index contributed by atoms with van der Waals surface area (Å²) in [5, 5.41) is 9.87. The largest absolute Gasteiger partial charge is 0.476 e. The number of aromatic nitrogens is 1. The molecule has 0 unspecified atom stereocenters. The van der Waals surface area contributed by atoms with Gasteiger partial charge < -0.3 is 19.6 Å². The van der Waals surface area contributed by atoms with Gasteiger partial charge in [0.25, 0.3) is 0 Å². The van der Waals surface area contributed by atoms with Crippen molar-refractivity contribution in [3.63, 3.8) is 0 Å². The van der Waals surface area contributed by atoms with E-state index in [0.29, 0.717) is 28.6 Å². The summed E-state index contributed by atoms with van der Waals surface area (Å²) in [6.07, 6.45) is -0.339. The van der Waals surface area contributed by atoms with Crippen LogP contribution in [0.15, 0.2) is 3.92 Å². The summed E-state index contributed by atoms with van der Waals surface area (Å²) < 4.78 is 5.95. The lowest BCUT2D eigenvalue weighted by atomic mass is 10.2. The Hall–Kier alpha value is -1.35. The molecule has 0 radical (unpaired) electrons. The number of nitrogens with zero attached hydrogens (tertiary/aromatic N) is 3. The van der Waals surface area contributed by atoms with Crippen molar-refractivity contribution in [2.75, 3.05) is 24.5 Å². The van der Waals surface area contributed by atoms with E-state index in [9.17, 15) is 14.7 Å². The SMILES string of the molecule is C[C@@H]1CN(c2sc(Br)nc2C(=O)O)CCN1C(=O)OC(C)(C)C. The average molecular weight is 406 g/mol. The van der Waals surface area contributed by atoms with Crippen LogP contribution >= 0.6 is 27.3 Å². The molecule has 1 amide bonds. The molecule has 1 aliphatic heterocycles. The molecule has 9 heteroatoms. The number of hydrogen-bond acceptors (Lipinski definition) is 6. The van der Waals surface area contributed by atoms with Crippen LogP contribution in [0.5, 0.6) is 0 Å². The Morgan fingerprint density at radius 2 is 2.04 bits per heavy atom. The molecule has 128 valence electrons. The van der Waals surface area contributed by atoms with Crippen molar-refractivity contribution in [1.29, 1.82) is 0 Å². The molecule has 0 aromatic carbocycles. The lowest BCUT2D eigenvalue weighted by Crippen LogP contribution is -2.55. The Morgan fingerprint density at radius 3 is 2.57 bits per heavy atom. The van der Waals surface area contributed by atoms with E-state index in [4.69, 9.17) is 4.74 Å². The predicted molar refractivity (Wildman–Crippen MR) is 91.4 cm³/mol. The number of rotatable bonds is 2. The molecule has 2 heterocycles. The van der Waals surface area contributed by atoms with E-state index in [1.165, 1.54) is 11.3 Å². The van der Waals surface area contributed by atoms with Gasteiger partial charge >= 0.3 is 12.1 Å². The molecule has 1 saturated heterocycles. The number of halogens is 1. The van der Waals surface area contributed by atoms with Gasteiger partial charge in [-0.25, -0.2) is 14.6 Å². The molecule has 1 aromatic rings. The van der Waals surface area contributed by atoms with Crippen LogP contribution in [0.4, 0.5) is 9.80 Å². The van der Waals surface area contributed by atoms with Gasteiger partial charge in [0.15, 0.2) is 9.61 Å². The van der Waals surface area contributed by atoms with E-state index in [1.54, 1.807) is 4.90 Å². The number of carbonyl (C=O) groups excluding carboxylic acids is 1. The van der Waals surface area contributed by atoms with Crippen molar-refractivity contribution in [3.05, 3.63) is 9.61 Å². The summed E-state index contributed by atoms with van der Waals surface area (Å²) in [4.78, 5) is 31.2. The van der Waals surface area contributed by atoms with Crippen molar-refractivity contribution in [3.8, 4) is 0 Å².